The molecule has 1 aromatic heterocycles. The van der Waals surface area contributed by atoms with E-state index in [1.807, 2.05) is 36.4 Å². The molecule has 7 nitrogen and oxygen atoms in total. The van der Waals surface area contributed by atoms with Crippen molar-refractivity contribution in [2.75, 3.05) is 0 Å². The first-order valence-corrected chi connectivity index (χ1v) is 7.30. The van der Waals surface area contributed by atoms with Crippen molar-refractivity contribution in [1.82, 2.24) is 16.0 Å². The Labute approximate surface area is 142 Å². The summed E-state index contributed by atoms with van der Waals surface area (Å²) in [6, 6.07) is 18.7. The average Bonchev–Trinajstić information content (AvgIpc) is 3.17. The van der Waals surface area contributed by atoms with E-state index < -0.39 is 11.8 Å². The maximum Gasteiger partial charge on any atom is 0.291 e. The monoisotopic (exact) mass is 332 g/mol. The Bertz CT molecular complexity index is 940. The lowest BCUT2D eigenvalue weighted by atomic mass is 10.1. The lowest BCUT2D eigenvalue weighted by Gasteiger charge is -2.05. The Morgan fingerprint density at radius 2 is 1.64 bits per heavy atom. The van der Waals surface area contributed by atoms with Crippen LogP contribution in [0.5, 0.6) is 0 Å². The number of benzene rings is 2. The van der Waals surface area contributed by atoms with Crippen LogP contribution in [0.4, 0.5) is 0 Å². The first kappa shape index (κ1) is 16.0. The Balaban J connectivity index is 1.62. The molecular weight excluding hydrogens is 320 g/mol. The van der Waals surface area contributed by atoms with Gasteiger partial charge < -0.3 is 4.52 Å². The van der Waals surface area contributed by atoms with E-state index in [2.05, 4.69) is 16.0 Å². The molecule has 2 N–H and O–H groups in total. The Morgan fingerprint density at radius 3 is 2.32 bits per heavy atom. The number of rotatable bonds is 3. The fourth-order valence-corrected chi connectivity index (χ4v) is 2.07. The Morgan fingerprint density at radius 1 is 0.960 bits per heavy atom. The molecule has 1 heterocycles. The van der Waals surface area contributed by atoms with Gasteiger partial charge in [0.25, 0.3) is 11.8 Å². The minimum Gasteiger partial charge on any atom is -0.355 e. The average molecular weight is 332 g/mol. The third kappa shape index (κ3) is 3.71. The molecule has 3 aromatic rings. The molecule has 0 saturated heterocycles. The highest BCUT2D eigenvalue weighted by molar-refractivity contribution is 5.98. The second-order valence-electron chi connectivity index (χ2n) is 5.04. The number of amides is 2. The summed E-state index contributed by atoms with van der Waals surface area (Å²) in [6.07, 6.45) is 0. The maximum atomic E-state index is 12.0. The van der Waals surface area contributed by atoms with Crippen LogP contribution in [0.3, 0.4) is 0 Å². The molecule has 0 saturated carbocycles. The maximum absolute atomic E-state index is 12.0. The van der Waals surface area contributed by atoms with Gasteiger partial charge >= 0.3 is 0 Å². The van der Waals surface area contributed by atoms with Crippen LogP contribution in [0.15, 0.2) is 65.2 Å². The van der Waals surface area contributed by atoms with Crippen molar-refractivity contribution in [1.29, 1.82) is 5.26 Å². The Kier molecular flexibility index (Phi) is 4.53. The summed E-state index contributed by atoms with van der Waals surface area (Å²) in [6.45, 7) is 0. The first-order chi connectivity index (χ1) is 12.2. The predicted molar refractivity (Wildman–Crippen MR) is 88.0 cm³/mol. The van der Waals surface area contributed by atoms with Crippen molar-refractivity contribution < 1.29 is 14.1 Å². The second-order valence-corrected chi connectivity index (χ2v) is 5.04. The highest BCUT2D eigenvalue weighted by Gasteiger charge is 2.14. The van der Waals surface area contributed by atoms with Gasteiger partial charge in [0.15, 0.2) is 11.5 Å². The van der Waals surface area contributed by atoms with Crippen molar-refractivity contribution in [3.8, 4) is 17.4 Å². The molecule has 0 bridgehead atoms. The second kappa shape index (κ2) is 7.10. The van der Waals surface area contributed by atoms with E-state index in [-0.39, 0.29) is 5.69 Å². The van der Waals surface area contributed by atoms with Gasteiger partial charge in [0.1, 0.15) is 0 Å². The number of nitrogens with zero attached hydrogens (tertiary/aromatic N) is 2. The van der Waals surface area contributed by atoms with Crippen molar-refractivity contribution in [2.45, 2.75) is 0 Å². The fraction of sp³-hybridized carbons (Fsp3) is 0. The summed E-state index contributed by atoms with van der Waals surface area (Å²) >= 11 is 0. The van der Waals surface area contributed by atoms with Crippen molar-refractivity contribution in [3.63, 3.8) is 0 Å². The quantitative estimate of drug-likeness (QED) is 0.715. The van der Waals surface area contributed by atoms with Gasteiger partial charge in [-0.2, -0.15) is 5.26 Å². The van der Waals surface area contributed by atoms with E-state index in [0.29, 0.717) is 16.9 Å². The van der Waals surface area contributed by atoms with E-state index >= 15 is 0 Å². The smallest absolute Gasteiger partial charge is 0.291 e. The Hall–Kier alpha value is -3.92. The molecule has 3 rings (SSSR count). The number of hydrogen-bond donors (Lipinski definition) is 2. The molecule has 0 aliphatic rings. The zero-order chi connectivity index (χ0) is 17.6. The van der Waals surface area contributed by atoms with Crippen LogP contribution in [0.1, 0.15) is 26.4 Å². The number of nitriles is 1. The van der Waals surface area contributed by atoms with Gasteiger partial charge in [0, 0.05) is 17.2 Å². The predicted octanol–water partition coefficient (Wildman–Crippen LogP) is 2.29. The van der Waals surface area contributed by atoms with Crippen molar-refractivity contribution >= 4 is 11.8 Å². The van der Waals surface area contributed by atoms with E-state index in [4.69, 9.17) is 9.78 Å². The van der Waals surface area contributed by atoms with Crippen LogP contribution in [0.2, 0.25) is 0 Å². The fourth-order valence-electron chi connectivity index (χ4n) is 2.07. The summed E-state index contributed by atoms with van der Waals surface area (Å²) in [5, 5.41) is 12.4. The number of aromatic nitrogens is 1. The van der Waals surface area contributed by atoms with Crippen LogP contribution in [-0.2, 0) is 0 Å². The topological polar surface area (TPSA) is 108 Å². The molecule has 0 fully saturated rings. The zero-order valence-corrected chi connectivity index (χ0v) is 12.9. The molecule has 7 heteroatoms. The van der Waals surface area contributed by atoms with Gasteiger partial charge in [-0.1, -0.05) is 35.5 Å². The molecule has 2 amide bonds. The standard InChI is InChI=1S/C18H12N4O3/c19-11-12-6-8-14(9-7-12)17(23)20-21-18(24)15-10-16(25-22-15)13-4-2-1-3-5-13/h1-10H,(H,20,23)(H,21,24). The van der Waals surface area contributed by atoms with Crippen LogP contribution in [-0.4, -0.2) is 17.0 Å². The highest BCUT2D eigenvalue weighted by atomic mass is 16.5. The number of carbonyl (C=O) groups is 2. The third-order valence-corrected chi connectivity index (χ3v) is 3.37. The van der Waals surface area contributed by atoms with Gasteiger partial charge in [0.2, 0.25) is 0 Å². The number of carbonyl (C=O) groups excluding carboxylic acids is 2. The molecule has 25 heavy (non-hydrogen) atoms. The summed E-state index contributed by atoms with van der Waals surface area (Å²) in [7, 11) is 0. The van der Waals surface area contributed by atoms with Crippen LogP contribution in [0.25, 0.3) is 11.3 Å². The summed E-state index contributed by atoms with van der Waals surface area (Å²) in [5.41, 5.74) is 6.12. The lowest BCUT2D eigenvalue weighted by molar-refractivity contribution is 0.0841. The van der Waals surface area contributed by atoms with Crippen LogP contribution < -0.4 is 10.9 Å². The highest BCUT2D eigenvalue weighted by Crippen LogP contribution is 2.19. The molecule has 0 radical (unpaired) electrons. The summed E-state index contributed by atoms with van der Waals surface area (Å²) < 4.78 is 5.13. The lowest BCUT2D eigenvalue weighted by Crippen LogP contribution is -2.41. The summed E-state index contributed by atoms with van der Waals surface area (Å²) in [4.78, 5) is 24.0. The molecule has 0 spiro atoms. The van der Waals surface area contributed by atoms with Crippen molar-refractivity contribution in [3.05, 3.63) is 77.5 Å². The normalized spacial score (nSPS) is 9.88. The van der Waals surface area contributed by atoms with Gasteiger partial charge in [-0.25, -0.2) is 0 Å². The van der Waals surface area contributed by atoms with Gasteiger partial charge in [0.05, 0.1) is 11.6 Å². The van der Waals surface area contributed by atoms with E-state index in [1.54, 1.807) is 0 Å². The number of hydrazine groups is 1. The zero-order valence-electron chi connectivity index (χ0n) is 12.9. The number of hydrogen-bond acceptors (Lipinski definition) is 5. The SMILES string of the molecule is N#Cc1ccc(C(=O)NNC(=O)c2cc(-c3ccccc3)on2)cc1. The van der Waals surface area contributed by atoms with Gasteiger partial charge in [-0.05, 0) is 24.3 Å². The molecule has 0 atom stereocenters. The first-order valence-electron chi connectivity index (χ1n) is 7.30. The summed E-state index contributed by atoms with van der Waals surface area (Å²) in [5.74, 6) is -0.665. The minimum absolute atomic E-state index is 0.0407. The number of nitrogens with one attached hydrogen (secondary N) is 2. The molecule has 2 aromatic carbocycles. The van der Waals surface area contributed by atoms with E-state index in [9.17, 15) is 9.59 Å². The largest absolute Gasteiger partial charge is 0.355 e. The molecular formula is C18H12N4O3. The van der Waals surface area contributed by atoms with Crippen LogP contribution in [0, 0.1) is 11.3 Å². The minimum atomic E-state index is -0.604. The third-order valence-electron chi connectivity index (χ3n) is 3.37. The molecule has 0 aliphatic heterocycles. The van der Waals surface area contributed by atoms with Gasteiger partial charge in [-0.3, -0.25) is 20.4 Å². The van der Waals surface area contributed by atoms with E-state index in [0.717, 1.165) is 5.56 Å². The van der Waals surface area contributed by atoms with E-state index in [1.165, 1.54) is 30.3 Å². The molecule has 0 aliphatic carbocycles. The molecule has 0 unspecified atom stereocenters. The van der Waals surface area contributed by atoms with Crippen molar-refractivity contribution in [2.24, 2.45) is 0 Å². The van der Waals surface area contributed by atoms with Crippen LogP contribution >= 0.6 is 0 Å². The van der Waals surface area contributed by atoms with Gasteiger partial charge in [-0.15, -0.1) is 0 Å². The molecule has 122 valence electrons.